The molecule has 348 valence electrons. The Bertz CT molecular complexity index is 3490. The van der Waals surface area contributed by atoms with Gasteiger partial charge >= 0.3 is 10.4 Å². The Balaban J connectivity index is 1.41. The zero-order valence-electron chi connectivity index (χ0n) is 33.2. The number of nitrogen functional groups attached to an aromatic ring is 3. The summed E-state index contributed by atoms with van der Waals surface area (Å²) in [5, 5.41) is 33.3. The summed E-state index contributed by atoms with van der Waals surface area (Å²) in [5.74, 6) is -1.96. The van der Waals surface area contributed by atoms with E-state index in [9.17, 15) is 56.3 Å². The van der Waals surface area contributed by atoms with E-state index >= 15 is 0 Å². The summed E-state index contributed by atoms with van der Waals surface area (Å²) >= 11 is 0. The van der Waals surface area contributed by atoms with Gasteiger partial charge in [0, 0.05) is 11.4 Å². The molecule has 0 aromatic heterocycles. The molecule has 0 heterocycles. The molecule has 11 N–H and O–H groups in total. The Labute approximate surface area is 375 Å². The highest BCUT2D eigenvalue weighted by Crippen LogP contribution is 2.48. The molecule has 5 aromatic carbocycles. The van der Waals surface area contributed by atoms with Crippen LogP contribution in [0.1, 0.15) is 0 Å². The highest BCUT2D eigenvalue weighted by molar-refractivity contribution is 7.91. The molecule has 0 aliphatic carbocycles. The van der Waals surface area contributed by atoms with Gasteiger partial charge in [-0.05, 0) is 96.4 Å². The minimum absolute atomic E-state index is 0.0949. The summed E-state index contributed by atoms with van der Waals surface area (Å²) in [7, 11) is -23.8. The third-order valence-electron chi connectivity index (χ3n) is 8.41. The van der Waals surface area contributed by atoms with E-state index < -0.39 is 106 Å². The smallest absolute Gasteiger partial charge is 0.397 e. The number of nitrogens with one attached hydrogen (secondary N) is 1. The summed E-state index contributed by atoms with van der Waals surface area (Å²) in [6.45, 7) is 6.43. The number of fused-ring (bicyclic) bond motifs is 1. The zero-order valence-corrected chi connectivity index (χ0v) is 37.3. The predicted molar refractivity (Wildman–Crippen MR) is 238 cm³/mol. The maximum atomic E-state index is 13.1. The van der Waals surface area contributed by atoms with Crippen molar-refractivity contribution in [2.75, 3.05) is 29.6 Å². The van der Waals surface area contributed by atoms with E-state index in [-0.39, 0.29) is 38.2 Å². The predicted octanol–water partition coefficient (Wildman–Crippen LogP) is 5.86. The number of allylic oxidation sites excluding steroid dienone is 2. The molecular weight excluding hydrogens is 973 g/mol. The molecule has 0 amide bonds. The summed E-state index contributed by atoms with van der Waals surface area (Å²) < 4.78 is 158. The van der Waals surface area contributed by atoms with Crippen molar-refractivity contribution < 1.29 is 65.0 Å². The Hall–Kier alpha value is -7.03. The SMILES string of the molecule is C=C(/C=C\C(=C)NS(=O)(=O)c1ccc(N=Nc2c(S(=O)(=O)O)cc3cc(S(=O)(=O)O)c(N=Nc4ccc(S(=O)(=O)CCOS(=O)(=O)O)cc4)c(O)c3c2N)cc1)N=Nc1ccc(N)cc1N. The van der Waals surface area contributed by atoms with Gasteiger partial charge < -0.3 is 22.3 Å². The number of rotatable bonds is 18. The number of hydrogen-bond donors (Lipinski definition) is 8. The maximum absolute atomic E-state index is 13.1. The summed E-state index contributed by atoms with van der Waals surface area (Å²) in [4.78, 5) is -2.81. The normalized spacial score (nSPS) is 13.1. The van der Waals surface area contributed by atoms with Crippen molar-refractivity contribution in [3.63, 3.8) is 0 Å². The van der Waals surface area contributed by atoms with Gasteiger partial charge in [-0.25, -0.2) is 21.0 Å². The van der Waals surface area contributed by atoms with Crippen LogP contribution < -0.4 is 21.9 Å². The number of hydrogen-bond acceptors (Lipinski definition) is 21. The van der Waals surface area contributed by atoms with Crippen molar-refractivity contribution in [3.05, 3.63) is 116 Å². The molecule has 5 aromatic rings. The lowest BCUT2D eigenvalue weighted by molar-refractivity contribution is 0.284. The molecule has 0 saturated carbocycles. The third-order valence-corrected chi connectivity index (χ3v) is 13.7. The van der Waals surface area contributed by atoms with Crippen molar-refractivity contribution >= 4 is 107 Å². The molecule has 0 unspecified atom stereocenters. The molecule has 25 nitrogen and oxygen atoms in total. The fourth-order valence-electron chi connectivity index (χ4n) is 5.38. The van der Waals surface area contributed by atoms with E-state index in [0.29, 0.717) is 23.5 Å². The van der Waals surface area contributed by atoms with Crippen molar-refractivity contribution in [3.8, 4) is 5.75 Å². The van der Waals surface area contributed by atoms with E-state index in [1.165, 1.54) is 18.2 Å². The molecule has 0 bridgehead atoms. The Kier molecular flexibility index (Phi) is 14.5. The number of nitrogens with two attached hydrogens (primary N) is 3. The zero-order chi connectivity index (χ0) is 49.0. The topological polar surface area (TPSA) is 425 Å². The van der Waals surface area contributed by atoms with E-state index in [0.717, 1.165) is 48.5 Å². The molecular formula is C36H34N10O15S5. The number of anilines is 3. The fraction of sp³-hybridized carbons (Fsp3) is 0.0556. The molecule has 66 heavy (non-hydrogen) atoms. The number of aromatic hydroxyl groups is 1. The van der Waals surface area contributed by atoms with Gasteiger partial charge in [-0.2, -0.15) is 40.6 Å². The van der Waals surface area contributed by atoms with Gasteiger partial charge in [0.25, 0.3) is 30.3 Å². The average molecular weight is 1010 g/mol. The fourth-order valence-corrected chi connectivity index (χ4v) is 9.22. The molecule has 30 heteroatoms. The first-order valence-electron chi connectivity index (χ1n) is 17.7. The largest absolute Gasteiger partial charge is 0.505 e. The lowest BCUT2D eigenvalue weighted by atomic mass is 10.1. The van der Waals surface area contributed by atoms with Crippen LogP contribution in [-0.4, -0.2) is 73.2 Å². The van der Waals surface area contributed by atoms with Crippen LogP contribution in [0.25, 0.3) is 10.8 Å². The monoisotopic (exact) mass is 1010 g/mol. The second-order valence-corrected chi connectivity index (χ2v) is 20.8. The summed E-state index contributed by atoms with van der Waals surface area (Å²) in [5.41, 5.74) is 16.1. The Morgan fingerprint density at radius 1 is 0.667 bits per heavy atom. The number of phenolic OH excluding ortho intramolecular Hbond substituents is 1. The second-order valence-electron chi connectivity index (χ2n) is 13.2. The Morgan fingerprint density at radius 2 is 1.20 bits per heavy atom. The van der Waals surface area contributed by atoms with Crippen molar-refractivity contribution in [1.82, 2.24) is 4.72 Å². The molecule has 5 rings (SSSR count). The minimum atomic E-state index is -5.29. The van der Waals surface area contributed by atoms with E-state index in [1.54, 1.807) is 12.1 Å². The van der Waals surface area contributed by atoms with Crippen LogP contribution in [0.3, 0.4) is 0 Å². The molecule has 0 fully saturated rings. The van der Waals surface area contributed by atoms with Gasteiger partial charge in [0.1, 0.15) is 26.9 Å². The number of azo groups is 3. The van der Waals surface area contributed by atoms with Crippen LogP contribution >= 0.6 is 0 Å². The van der Waals surface area contributed by atoms with E-state index in [4.69, 9.17) is 21.8 Å². The number of phenols is 1. The van der Waals surface area contributed by atoms with E-state index in [1.807, 2.05) is 0 Å². The van der Waals surface area contributed by atoms with Gasteiger partial charge in [0.2, 0.25) is 0 Å². The number of sulfone groups is 1. The molecule has 0 aliphatic heterocycles. The number of sulfonamides is 1. The van der Waals surface area contributed by atoms with Crippen molar-refractivity contribution in [2.45, 2.75) is 19.6 Å². The second kappa shape index (κ2) is 19.2. The third kappa shape index (κ3) is 12.6. The first-order chi connectivity index (χ1) is 30.6. The van der Waals surface area contributed by atoms with Crippen LogP contribution in [-0.2, 0) is 54.7 Å². The quantitative estimate of drug-likeness (QED) is 0.0221. The molecule has 0 spiro atoms. The highest BCUT2D eigenvalue weighted by atomic mass is 32.3. The number of benzene rings is 5. The highest BCUT2D eigenvalue weighted by Gasteiger charge is 2.28. The van der Waals surface area contributed by atoms with Crippen molar-refractivity contribution in [1.29, 1.82) is 0 Å². The first-order valence-corrected chi connectivity index (χ1v) is 25.0. The van der Waals surface area contributed by atoms with Crippen LogP contribution in [0.5, 0.6) is 5.75 Å². The lowest BCUT2D eigenvalue weighted by Crippen LogP contribution is -2.21. The van der Waals surface area contributed by atoms with Crippen LogP contribution in [0.15, 0.2) is 166 Å². The molecule has 0 atom stereocenters. The van der Waals surface area contributed by atoms with Gasteiger partial charge in [0.15, 0.2) is 15.6 Å². The lowest BCUT2D eigenvalue weighted by Gasteiger charge is -2.14. The van der Waals surface area contributed by atoms with Gasteiger partial charge in [-0.3, -0.25) is 18.4 Å². The van der Waals surface area contributed by atoms with Crippen LogP contribution in [0.4, 0.5) is 45.5 Å². The number of nitrogens with zero attached hydrogens (tertiary/aromatic N) is 6. The van der Waals surface area contributed by atoms with Gasteiger partial charge in [0.05, 0.1) is 56.0 Å². The van der Waals surface area contributed by atoms with Gasteiger partial charge in [-0.1, -0.05) is 13.2 Å². The molecule has 0 aliphatic rings. The van der Waals surface area contributed by atoms with Crippen LogP contribution in [0, 0.1) is 0 Å². The minimum Gasteiger partial charge on any atom is -0.505 e. The van der Waals surface area contributed by atoms with Gasteiger partial charge in [-0.15, -0.1) is 15.3 Å². The average Bonchev–Trinajstić information content (AvgIpc) is 3.20. The molecule has 0 radical (unpaired) electrons. The summed E-state index contributed by atoms with van der Waals surface area (Å²) in [6, 6.07) is 14.6. The van der Waals surface area contributed by atoms with Crippen LogP contribution in [0.2, 0.25) is 0 Å². The summed E-state index contributed by atoms with van der Waals surface area (Å²) in [6.07, 6.45) is 2.59. The maximum Gasteiger partial charge on any atom is 0.397 e. The van der Waals surface area contributed by atoms with Crippen molar-refractivity contribution in [2.24, 2.45) is 30.7 Å². The molecule has 0 saturated heterocycles. The first kappa shape index (κ1) is 50.0. The Morgan fingerprint density at radius 3 is 1.73 bits per heavy atom. The standard InChI is InChI=1S/C36H34N10O15S5/c1-20(40-43-29-14-5-23(37)19-28(29)38)3-4-21(2)46-63(50,51)27-12-8-25(9-13-27)41-44-34-30(64(52,53)54)17-22-18-31(65(55,56)57)35(36(47)32(22)33(34)39)45-42-24-6-10-26(11-7-24)62(48,49)16-15-61-66(58,59)60/h3-14,17-19,46-47H,1-2,15-16,37-39H2,(H,52,53,54)(H,55,56,57)(H,58,59,60)/b4-3-,43-40?,44-41?,45-42?. The van der Waals surface area contributed by atoms with E-state index in [2.05, 4.69) is 52.7 Å².